The van der Waals surface area contributed by atoms with E-state index in [-0.39, 0.29) is 11.7 Å². The maximum absolute atomic E-state index is 13.5. The Kier molecular flexibility index (Phi) is 5.85. The fourth-order valence-electron chi connectivity index (χ4n) is 4.06. The Bertz CT molecular complexity index is 1350. The van der Waals surface area contributed by atoms with Crippen LogP contribution in [0.4, 0.5) is 15.9 Å². The van der Waals surface area contributed by atoms with Crippen LogP contribution in [0.2, 0.25) is 0 Å². The van der Waals surface area contributed by atoms with Gasteiger partial charge in [0, 0.05) is 42.6 Å². The van der Waals surface area contributed by atoms with Crippen LogP contribution in [0.3, 0.4) is 0 Å². The van der Waals surface area contributed by atoms with Gasteiger partial charge in [-0.15, -0.1) is 0 Å². The molecule has 8 nitrogen and oxygen atoms in total. The number of piperazine rings is 1. The Morgan fingerprint density at radius 2 is 1.91 bits per heavy atom. The molecule has 2 N–H and O–H groups in total. The van der Waals surface area contributed by atoms with Gasteiger partial charge >= 0.3 is 0 Å². The molecule has 3 heterocycles. The van der Waals surface area contributed by atoms with Crippen LogP contribution in [0.15, 0.2) is 54.9 Å². The molecule has 0 spiro atoms. The maximum atomic E-state index is 13.5. The van der Waals surface area contributed by atoms with Crippen LogP contribution in [0.25, 0.3) is 22.3 Å². The monoisotopic (exact) mass is 460 g/mol. The van der Waals surface area contributed by atoms with Gasteiger partial charge < -0.3 is 24.8 Å². The Morgan fingerprint density at radius 1 is 1.09 bits per heavy atom. The predicted molar refractivity (Wildman–Crippen MR) is 129 cm³/mol. The van der Waals surface area contributed by atoms with Gasteiger partial charge in [-0.2, -0.15) is 0 Å². The summed E-state index contributed by atoms with van der Waals surface area (Å²) in [5.74, 6) is 0.753. The minimum Gasteiger partial charge on any atom is -0.495 e. The van der Waals surface area contributed by atoms with Crippen molar-refractivity contribution in [1.82, 2.24) is 24.8 Å². The quantitative estimate of drug-likeness (QED) is 0.470. The van der Waals surface area contributed by atoms with Crippen LogP contribution in [0.1, 0.15) is 10.4 Å². The highest BCUT2D eigenvalue weighted by molar-refractivity contribution is 5.95. The summed E-state index contributed by atoms with van der Waals surface area (Å²) in [4.78, 5) is 29.2. The van der Waals surface area contributed by atoms with Crippen molar-refractivity contribution in [3.8, 4) is 17.1 Å². The highest BCUT2D eigenvalue weighted by Gasteiger charge is 2.21. The van der Waals surface area contributed by atoms with E-state index in [1.54, 1.807) is 37.7 Å². The standard InChI is InChI=1S/C25H25FN6O2/c1-31-7-9-32(10-8-31)25(33)16-3-5-20(23(13-16)34-2)29-24-15-27-14-22(30-24)21-12-17-11-18(26)4-6-19(17)28-21/h3-6,11-15,28H,7-10H2,1-2H3,(H,29,30). The third-order valence-electron chi connectivity index (χ3n) is 5.99. The van der Waals surface area contributed by atoms with Crippen molar-refractivity contribution in [1.29, 1.82) is 0 Å². The number of anilines is 2. The third-order valence-corrected chi connectivity index (χ3v) is 5.99. The van der Waals surface area contributed by atoms with Crippen LogP contribution in [0.5, 0.6) is 5.75 Å². The van der Waals surface area contributed by atoms with Gasteiger partial charge in [0.15, 0.2) is 0 Å². The molecule has 9 heteroatoms. The van der Waals surface area contributed by atoms with Crippen LogP contribution in [0, 0.1) is 5.82 Å². The Labute approximate surface area is 196 Å². The molecule has 0 aliphatic carbocycles. The largest absolute Gasteiger partial charge is 0.495 e. The van der Waals surface area contributed by atoms with E-state index in [4.69, 9.17) is 4.74 Å². The van der Waals surface area contributed by atoms with E-state index in [2.05, 4.69) is 32.2 Å². The van der Waals surface area contributed by atoms with Crippen LogP contribution < -0.4 is 10.1 Å². The van der Waals surface area contributed by atoms with Gasteiger partial charge in [-0.3, -0.25) is 9.78 Å². The predicted octanol–water partition coefficient (Wildman–Crippen LogP) is 3.90. The molecule has 0 radical (unpaired) electrons. The van der Waals surface area contributed by atoms with E-state index >= 15 is 0 Å². The number of rotatable bonds is 5. The van der Waals surface area contributed by atoms with Gasteiger partial charge in [0.2, 0.25) is 0 Å². The lowest BCUT2D eigenvalue weighted by Crippen LogP contribution is -2.47. The molecule has 0 unspecified atom stereocenters. The Balaban J connectivity index is 1.37. The number of aromatic amines is 1. The summed E-state index contributed by atoms with van der Waals surface area (Å²) in [5, 5.41) is 3.99. The zero-order valence-electron chi connectivity index (χ0n) is 19.0. The highest BCUT2D eigenvalue weighted by atomic mass is 19.1. The second kappa shape index (κ2) is 9.11. The normalized spacial score (nSPS) is 14.4. The molecule has 4 aromatic rings. The molecule has 0 bridgehead atoms. The van der Waals surface area contributed by atoms with Crippen molar-refractivity contribution >= 4 is 28.3 Å². The number of methoxy groups -OCH3 is 1. The van der Waals surface area contributed by atoms with Crippen molar-refractivity contribution in [2.45, 2.75) is 0 Å². The fourth-order valence-corrected chi connectivity index (χ4v) is 4.06. The molecule has 174 valence electrons. The molecule has 0 atom stereocenters. The van der Waals surface area contributed by atoms with Crippen molar-refractivity contribution < 1.29 is 13.9 Å². The summed E-state index contributed by atoms with van der Waals surface area (Å²) in [7, 11) is 3.62. The second-order valence-electron chi connectivity index (χ2n) is 8.34. The number of ether oxygens (including phenoxy) is 1. The van der Waals surface area contributed by atoms with Gasteiger partial charge in [-0.25, -0.2) is 9.37 Å². The van der Waals surface area contributed by atoms with Gasteiger partial charge in [0.25, 0.3) is 5.91 Å². The van der Waals surface area contributed by atoms with Crippen molar-refractivity contribution in [3.63, 3.8) is 0 Å². The van der Waals surface area contributed by atoms with Gasteiger partial charge in [-0.1, -0.05) is 0 Å². The summed E-state index contributed by atoms with van der Waals surface area (Å²) in [6.45, 7) is 3.15. The number of hydrogen-bond acceptors (Lipinski definition) is 6. The van der Waals surface area contributed by atoms with Gasteiger partial charge in [0.1, 0.15) is 23.1 Å². The molecule has 1 fully saturated rings. The maximum Gasteiger partial charge on any atom is 0.254 e. The molecular weight excluding hydrogens is 435 g/mol. The minimum atomic E-state index is -0.291. The number of aromatic nitrogens is 3. The van der Waals surface area contributed by atoms with Crippen LogP contribution in [-0.4, -0.2) is 71.0 Å². The number of likely N-dealkylation sites (N-methyl/N-ethyl adjacent to an activating group) is 1. The molecular formula is C25H25FN6O2. The first kappa shape index (κ1) is 21.8. The zero-order chi connectivity index (χ0) is 23.7. The van der Waals surface area contributed by atoms with Crippen molar-refractivity contribution in [2.75, 3.05) is 45.7 Å². The van der Waals surface area contributed by atoms with Crippen molar-refractivity contribution in [3.05, 3.63) is 66.2 Å². The summed E-state index contributed by atoms with van der Waals surface area (Å²) >= 11 is 0. The topological polar surface area (TPSA) is 86.4 Å². The lowest BCUT2D eigenvalue weighted by atomic mass is 10.1. The molecule has 34 heavy (non-hydrogen) atoms. The average Bonchev–Trinajstić information content (AvgIpc) is 3.28. The number of nitrogens with one attached hydrogen (secondary N) is 2. The second-order valence-corrected chi connectivity index (χ2v) is 8.34. The van der Waals surface area contributed by atoms with Gasteiger partial charge in [-0.05, 0) is 49.5 Å². The SMILES string of the molecule is COc1cc(C(=O)N2CCN(C)CC2)ccc1Nc1cncc(-c2cc3cc(F)ccc3[nH]2)n1. The van der Waals surface area contributed by atoms with E-state index in [0.717, 1.165) is 29.7 Å². The van der Waals surface area contributed by atoms with E-state index in [1.807, 2.05) is 17.0 Å². The highest BCUT2D eigenvalue weighted by Crippen LogP contribution is 2.30. The summed E-state index contributed by atoms with van der Waals surface area (Å²) in [6, 6.07) is 11.8. The Hall–Kier alpha value is -3.98. The zero-order valence-corrected chi connectivity index (χ0v) is 19.0. The number of carbonyl (C=O) groups excluding carboxylic acids is 1. The molecule has 1 aliphatic rings. The summed E-state index contributed by atoms with van der Waals surface area (Å²) in [6.07, 6.45) is 3.25. The number of nitrogens with zero attached hydrogens (tertiary/aromatic N) is 4. The number of fused-ring (bicyclic) bond motifs is 1. The first-order chi connectivity index (χ1) is 16.5. The number of hydrogen-bond donors (Lipinski definition) is 2. The van der Waals surface area contributed by atoms with Crippen molar-refractivity contribution in [2.24, 2.45) is 0 Å². The molecule has 1 amide bonds. The average molecular weight is 461 g/mol. The lowest BCUT2D eigenvalue weighted by Gasteiger charge is -2.32. The van der Waals surface area contributed by atoms with Gasteiger partial charge in [0.05, 0.1) is 30.9 Å². The fraction of sp³-hybridized carbons (Fsp3) is 0.240. The smallest absolute Gasteiger partial charge is 0.254 e. The van der Waals surface area contributed by atoms with Crippen LogP contribution in [-0.2, 0) is 0 Å². The molecule has 1 saturated heterocycles. The summed E-state index contributed by atoms with van der Waals surface area (Å²) in [5.41, 5.74) is 3.41. The van der Waals surface area contributed by atoms with E-state index in [0.29, 0.717) is 41.6 Å². The van der Waals surface area contributed by atoms with Crippen LogP contribution >= 0.6 is 0 Å². The minimum absolute atomic E-state index is 0.00464. The molecule has 2 aromatic heterocycles. The first-order valence-corrected chi connectivity index (χ1v) is 11.0. The molecule has 5 rings (SSSR count). The summed E-state index contributed by atoms with van der Waals surface area (Å²) < 4.78 is 19.1. The number of H-pyrrole nitrogens is 1. The molecule has 1 aliphatic heterocycles. The first-order valence-electron chi connectivity index (χ1n) is 11.0. The molecule has 0 saturated carbocycles. The third kappa shape index (κ3) is 4.42. The number of benzene rings is 2. The number of carbonyl (C=O) groups is 1. The Morgan fingerprint density at radius 3 is 2.71 bits per heavy atom. The van der Waals surface area contributed by atoms with E-state index < -0.39 is 0 Å². The molecule has 2 aromatic carbocycles. The van der Waals surface area contributed by atoms with E-state index in [9.17, 15) is 9.18 Å². The lowest BCUT2D eigenvalue weighted by molar-refractivity contribution is 0.0664. The number of halogens is 1. The number of amides is 1. The van der Waals surface area contributed by atoms with E-state index in [1.165, 1.54) is 12.1 Å².